The molecule has 5 aromatic heterocycles. The van der Waals surface area contributed by atoms with Crippen LogP contribution >= 0.6 is 0 Å². The maximum Gasteiger partial charge on any atom is 0.0788 e. The molecule has 0 spiro atoms. The largest absolute Gasteiger partial charge is 0.309 e. The molecule has 386 valence electrons. The van der Waals surface area contributed by atoms with Gasteiger partial charge >= 0.3 is 0 Å². The fourth-order valence-electron chi connectivity index (χ4n) is 14.1. The van der Waals surface area contributed by atoms with E-state index in [0.717, 1.165) is 28.4 Å². The first-order chi connectivity index (χ1) is 41.2. The van der Waals surface area contributed by atoms with Gasteiger partial charge in [0.25, 0.3) is 0 Å². The normalized spacial score (nSPS) is 12.1. The van der Waals surface area contributed by atoms with Gasteiger partial charge in [0.2, 0.25) is 0 Å². The molecule has 18 rings (SSSR count). The first-order valence-electron chi connectivity index (χ1n) is 28.6. The lowest BCUT2D eigenvalue weighted by molar-refractivity contribution is 1.15. The second kappa shape index (κ2) is 17.7. The van der Waals surface area contributed by atoms with Crippen LogP contribution in [0.4, 0.5) is 0 Å². The molecule has 0 amide bonds. The molecule has 5 nitrogen and oxygen atoms in total. The van der Waals surface area contributed by atoms with E-state index >= 15 is 0 Å². The number of hydrogen-bond acceptors (Lipinski definition) is 0. The van der Waals surface area contributed by atoms with Gasteiger partial charge in [-0.2, -0.15) is 0 Å². The van der Waals surface area contributed by atoms with Crippen molar-refractivity contribution in [3.63, 3.8) is 0 Å². The Hall–Kier alpha value is -11.1. The molecule has 0 fully saturated rings. The van der Waals surface area contributed by atoms with Crippen molar-refractivity contribution in [3.8, 4) is 50.7 Å². The Kier molecular flexibility index (Phi) is 9.73. The summed E-state index contributed by atoms with van der Waals surface area (Å²) >= 11 is 0. The van der Waals surface area contributed by atoms with Gasteiger partial charge < -0.3 is 22.8 Å². The van der Waals surface area contributed by atoms with E-state index < -0.39 is 0 Å². The summed E-state index contributed by atoms with van der Waals surface area (Å²) in [5, 5.41) is 12.4. The molecule has 13 aromatic carbocycles. The number of nitrogens with zero attached hydrogens (tertiary/aromatic N) is 5. The van der Waals surface area contributed by atoms with Crippen LogP contribution in [0, 0.1) is 0 Å². The van der Waals surface area contributed by atoms with Crippen LogP contribution in [-0.2, 0) is 0 Å². The van der Waals surface area contributed by atoms with Gasteiger partial charge in [0.05, 0.1) is 55.2 Å². The average Bonchev–Trinajstić information content (AvgIpc) is 3.40. The molecule has 0 saturated heterocycles. The molecule has 0 atom stereocenters. The summed E-state index contributed by atoms with van der Waals surface area (Å²) in [6.07, 6.45) is 0. The molecule has 0 saturated carbocycles. The Bertz CT molecular complexity index is 5640. The number of fused-ring (bicyclic) bond motifs is 17. The highest BCUT2D eigenvalue weighted by Crippen LogP contribution is 2.45. The van der Waals surface area contributed by atoms with E-state index in [1.807, 2.05) is 0 Å². The molecule has 0 unspecified atom stereocenters. The van der Waals surface area contributed by atoms with Crippen molar-refractivity contribution in [3.05, 3.63) is 297 Å². The summed E-state index contributed by atoms with van der Waals surface area (Å²) in [7, 11) is 0. The highest BCUT2D eigenvalue weighted by molar-refractivity contribution is 6.27. The van der Waals surface area contributed by atoms with Crippen LogP contribution < -0.4 is 0 Å². The van der Waals surface area contributed by atoms with Gasteiger partial charge in [0, 0.05) is 82.3 Å². The number of aromatic nitrogens is 5. The van der Waals surface area contributed by atoms with Gasteiger partial charge in [-0.1, -0.05) is 182 Å². The first kappa shape index (κ1) is 45.7. The number of para-hydroxylation sites is 7. The lowest BCUT2D eigenvalue weighted by Gasteiger charge is -2.13. The molecule has 0 aliphatic carbocycles. The average molecular weight is 1060 g/mol. The third-order valence-corrected chi connectivity index (χ3v) is 17.7. The summed E-state index contributed by atoms with van der Waals surface area (Å²) in [6.45, 7) is 0. The van der Waals surface area contributed by atoms with Gasteiger partial charge in [-0.3, -0.25) is 0 Å². The molecule has 0 bridgehead atoms. The van der Waals surface area contributed by atoms with Gasteiger partial charge in [0.15, 0.2) is 0 Å². The summed E-state index contributed by atoms with van der Waals surface area (Å²) in [5.41, 5.74) is 22.3. The third kappa shape index (κ3) is 6.65. The smallest absolute Gasteiger partial charge is 0.0788 e. The Labute approximate surface area is 477 Å². The predicted octanol–water partition coefficient (Wildman–Crippen LogP) is 20.5. The van der Waals surface area contributed by atoms with Crippen molar-refractivity contribution in [2.24, 2.45) is 0 Å². The fraction of sp³-hybridized carbons (Fsp3) is 0. The highest BCUT2D eigenvalue weighted by atomic mass is 15.0. The molecule has 18 aromatic rings. The maximum atomic E-state index is 2.48. The van der Waals surface area contributed by atoms with E-state index in [4.69, 9.17) is 0 Å². The zero-order chi connectivity index (χ0) is 54.3. The van der Waals surface area contributed by atoms with Crippen molar-refractivity contribution >= 4 is 109 Å². The predicted molar refractivity (Wildman–Crippen MR) is 349 cm³/mol. The molecule has 5 heteroatoms. The van der Waals surface area contributed by atoms with E-state index in [1.165, 1.54) is 131 Å². The molecule has 83 heavy (non-hydrogen) atoms. The minimum Gasteiger partial charge on any atom is -0.309 e. The molecule has 0 radical (unpaired) electrons. The van der Waals surface area contributed by atoms with E-state index in [0.29, 0.717) is 0 Å². The van der Waals surface area contributed by atoms with Crippen LogP contribution in [0.2, 0.25) is 0 Å². The zero-order valence-electron chi connectivity index (χ0n) is 45.0. The molecule has 5 heterocycles. The quantitative estimate of drug-likeness (QED) is 0.152. The van der Waals surface area contributed by atoms with Gasteiger partial charge in [-0.15, -0.1) is 0 Å². The van der Waals surface area contributed by atoms with Gasteiger partial charge in [-0.25, -0.2) is 0 Å². The maximum absolute atomic E-state index is 2.48. The molecular formula is C78H49N5. The van der Waals surface area contributed by atoms with Crippen molar-refractivity contribution in [2.45, 2.75) is 0 Å². The lowest BCUT2D eigenvalue weighted by atomic mass is 10.00. The Morgan fingerprint density at radius 2 is 0.446 bits per heavy atom. The van der Waals surface area contributed by atoms with E-state index in [9.17, 15) is 0 Å². The van der Waals surface area contributed by atoms with Gasteiger partial charge in [-0.05, 0) is 138 Å². The molecule has 0 N–H and O–H groups in total. The summed E-state index contributed by atoms with van der Waals surface area (Å²) < 4.78 is 12.2. The topological polar surface area (TPSA) is 24.6 Å². The zero-order valence-corrected chi connectivity index (χ0v) is 45.0. The standard InChI is InChI=1S/C78H49N5/c1-4-18-54(19-5-1)79-72-45-36-52(50-32-38-57(39-33-50)81-68-28-14-10-24-59(68)62-44-47-74-75(76(62)81)65-27-13-17-31-71(65)80(74)55-20-6-2-7-21-55)48-66(72)67-49-53(37-46-73(67)79)51-34-40-58(41-35-51)83-70-30-16-12-26-61(70)64-43-42-63-60-25-11-15-29-69(60)82(77(63)78(64)83)56-22-8-3-9-23-56/h1-49H. The van der Waals surface area contributed by atoms with E-state index in [2.05, 4.69) is 320 Å². The summed E-state index contributed by atoms with van der Waals surface area (Å²) in [4.78, 5) is 0. The SMILES string of the molecule is c1ccc(-n2c3ccc(-c4ccc(-n5c6ccccc6c6ccc7c(c8ccccc8n7-c7ccccc7)c65)cc4)cc3c3cc(-c4ccc(-n5c6ccccc6c6ccc7c8ccccc8n(-c8ccccc8)c7c65)cc4)ccc32)cc1. The van der Waals surface area contributed by atoms with Crippen LogP contribution in [0.1, 0.15) is 0 Å². The highest BCUT2D eigenvalue weighted by Gasteiger charge is 2.24. The third-order valence-electron chi connectivity index (χ3n) is 17.7. The van der Waals surface area contributed by atoms with Crippen LogP contribution in [0.5, 0.6) is 0 Å². The van der Waals surface area contributed by atoms with Gasteiger partial charge in [0.1, 0.15) is 0 Å². The van der Waals surface area contributed by atoms with Crippen molar-refractivity contribution < 1.29 is 0 Å². The van der Waals surface area contributed by atoms with Crippen molar-refractivity contribution in [1.29, 1.82) is 0 Å². The number of benzene rings is 13. The second-order valence-corrected chi connectivity index (χ2v) is 22.0. The summed E-state index contributed by atoms with van der Waals surface area (Å²) in [6, 6.07) is 109. The minimum atomic E-state index is 1.12. The van der Waals surface area contributed by atoms with Crippen LogP contribution in [0.25, 0.3) is 160 Å². The summed E-state index contributed by atoms with van der Waals surface area (Å²) in [5.74, 6) is 0. The Morgan fingerprint density at radius 1 is 0.157 bits per heavy atom. The number of rotatable bonds is 7. The lowest BCUT2D eigenvalue weighted by Crippen LogP contribution is -1.98. The van der Waals surface area contributed by atoms with Crippen LogP contribution in [-0.4, -0.2) is 22.8 Å². The van der Waals surface area contributed by atoms with E-state index in [-0.39, 0.29) is 0 Å². The van der Waals surface area contributed by atoms with Crippen LogP contribution in [0.3, 0.4) is 0 Å². The van der Waals surface area contributed by atoms with E-state index in [1.54, 1.807) is 0 Å². The van der Waals surface area contributed by atoms with Crippen LogP contribution in [0.15, 0.2) is 297 Å². The monoisotopic (exact) mass is 1060 g/mol. The molecular weight excluding hydrogens is 1010 g/mol. The minimum absolute atomic E-state index is 1.12. The molecule has 0 aliphatic rings. The first-order valence-corrected chi connectivity index (χ1v) is 28.6. The molecule has 0 aliphatic heterocycles. The van der Waals surface area contributed by atoms with Crippen molar-refractivity contribution in [1.82, 2.24) is 22.8 Å². The Morgan fingerprint density at radius 3 is 0.892 bits per heavy atom. The Balaban J connectivity index is 0.772. The fourth-order valence-corrected chi connectivity index (χ4v) is 14.1. The second-order valence-electron chi connectivity index (χ2n) is 22.0. The number of hydrogen-bond donors (Lipinski definition) is 0. The van der Waals surface area contributed by atoms with Crippen molar-refractivity contribution in [2.75, 3.05) is 0 Å².